The van der Waals surface area contributed by atoms with E-state index in [9.17, 15) is 4.79 Å². The summed E-state index contributed by atoms with van der Waals surface area (Å²) in [5.41, 5.74) is 5.75. The predicted octanol–water partition coefficient (Wildman–Crippen LogP) is 2.68. The van der Waals surface area contributed by atoms with Crippen molar-refractivity contribution in [3.05, 3.63) is 32.7 Å². The van der Waals surface area contributed by atoms with Crippen molar-refractivity contribution < 1.29 is 4.79 Å². The molecule has 3 nitrogen and oxygen atoms in total. The molecule has 3 N–H and O–H groups in total. The van der Waals surface area contributed by atoms with Crippen molar-refractivity contribution >= 4 is 37.8 Å². The Morgan fingerprint density at radius 1 is 1.44 bits per heavy atom. The lowest BCUT2D eigenvalue weighted by molar-refractivity contribution is 0.0915. The monoisotopic (exact) mass is 348 g/mol. The molecule has 0 aliphatic rings. The first kappa shape index (κ1) is 13.7. The number of hydrogen-bond acceptors (Lipinski definition) is 2. The van der Waals surface area contributed by atoms with Crippen LogP contribution >= 0.6 is 31.9 Å². The fourth-order valence-electron chi connectivity index (χ4n) is 1.10. The van der Waals surface area contributed by atoms with E-state index in [1.54, 1.807) is 6.07 Å². The maximum Gasteiger partial charge on any atom is 0.252 e. The molecule has 0 heterocycles. The van der Waals surface area contributed by atoms with E-state index >= 15 is 0 Å². The molecule has 0 spiro atoms. The maximum absolute atomic E-state index is 12.0. The molecule has 0 radical (unpaired) electrons. The molecular weight excluding hydrogens is 336 g/mol. The second-order valence-electron chi connectivity index (χ2n) is 4.17. The molecule has 1 rings (SSSR count). The molecule has 0 aromatic heterocycles. The van der Waals surface area contributed by atoms with Crippen molar-refractivity contribution in [1.82, 2.24) is 5.32 Å². The highest BCUT2D eigenvalue weighted by molar-refractivity contribution is 9.11. The largest absolute Gasteiger partial charge is 0.346 e. The molecule has 1 amide bonds. The van der Waals surface area contributed by atoms with E-state index in [-0.39, 0.29) is 5.91 Å². The van der Waals surface area contributed by atoms with Crippen LogP contribution in [0.25, 0.3) is 0 Å². The second kappa shape index (κ2) is 5.29. The highest BCUT2D eigenvalue weighted by Crippen LogP contribution is 2.21. The lowest BCUT2D eigenvalue weighted by atomic mass is 10.1. The lowest BCUT2D eigenvalue weighted by Gasteiger charge is -2.24. The van der Waals surface area contributed by atoms with Gasteiger partial charge in [-0.3, -0.25) is 4.79 Å². The summed E-state index contributed by atoms with van der Waals surface area (Å²) in [5, 5.41) is 2.88. The van der Waals surface area contributed by atoms with Crippen molar-refractivity contribution in [2.45, 2.75) is 19.4 Å². The Labute approximate surface area is 112 Å². The molecule has 1 aromatic rings. The topological polar surface area (TPSA) is 55.1 Å². The fraction of sp³-hybridized carbons (Fsp3) is 0.364. The first-order valence-electron chi connectivity index (χ1n) is 4.83. The minimum absolute atomic E-state index is 0.136. The number of hydrogen-bond donors (Lipinski definition) is 2. The minimum Gasteiger partial charge on any atom is -0.346 e. The number of nitrogens with one attached hydrogen (secondary N) is 1. The zero-order chi connectivity index (χ0) is 12.3. The molecule has 0 aliphatic carbocycles. The van der Waals surface area contributed by atoms with Crippen LogP contribution in [0.1, 0.15) is 24.2 Å². The first-order chi connectivity index (χ1) is 7.35. The summed E-state index contributed by atoms with van der Waals surface area (Å²) in [6.45, 7) is 4.16. The quantitative estimate of drug-likeness (QED) is 0.881. The Bertz CT molecular complexity index is 405. The Kier molecular flexibility index (Phi) is 4.52. The van der Waals surface area contributed by atoms with E-state index in [0.29, 0.717) is 12.1 Å². The highest BCUT2D eigenvalue weighted by atomic mass is 79.9. The number of halogens is 2. The molecule has 0 saturated heterocycles. The molecule has 0 fully saturated rings. The van der Waals surface area contributed by atoms with Gasteiger partial charge in [-0.25, -0.2) is 0 Å². The van der Waals surface area contributed by atoms with Crippen LogP contribution in [0.5, 0.6) is 0 Å². The first-order valence-corrected chi connectivity index (χ1v) is 6.42. The van der Waals surface area contributed by atoms with Crippen LogP contribution in [0.2, 0.25) is 0 Å². The highest BCUT2D eigenvalue weighted by Gasteiger charge is 2.20. The molecule has 1 aromatic carbocycles. The number of rotatable bonds is 3. The smallest absolute Gasteiger partial charge is 0.252 e. The molecule has 0 saturated carbocycles. The number of amides is 1. The van der Waals surface area contributed by atoms with Gasteiger partial charge < -0.3 is 11.1 Å². The summed E-state index contributed by atoms with van der Waals surface area (Å²) in [4.78, 5) is 12.0. The third kappa shape index (κ3) is 3.57. The number of carbonyl (C=O) groups is 1. The molecule has 0 aliphatic heterocycles. The van der Waals surface area contributed by atoms with E-state index in [4.69, 9.17) is 5.73 Å². The molecule has 5 heteroatoms. The lowest BCUT2D eigenvalue weighted by Crippen LogP contribution is -2.48. The SMILES string of the molecule is CC(C)(CN)NC(=O)c1cc(Br)ccc1Br. The van der Waals surface area contributed by atoms with E-state index < -0.39 is 5.54 Å². The van der Waals surface area contributed by atoms with Crippen molar-refractivity contribution in [3.63, 3.8) is 0 Å². The Balaban J connectivity index is 2.93. The third-order valence-electron chi connectivity index (χ3n) is 2.14. The van der Waals surface area contributed by atoms with Gasteiger partial charge >= 0.3 is 0 Å². The van der Waals surface area contributed by atoms with Gasteiger partial charge in [0.1, 0.15) is 0 Å². The van der Waals surface area contributed by atoms with Gasteiger partial charge in [0.2, 0.25) is 0 Å². The van der Waals surface area contributed by atoms with Crippen LogP contribution in [-0.4, -0.2) is 18.0 Å². The van der Waals surface area contributed by atoms with Crippen molar-refractivity contribution in [1.29, 1.82) is 0 Å². The van der Waals surface area contributed by atoms with Crippen LogP contribution in [-0.2, 0) is 0 Å². The summed E-state index contributed by atoms with van der Waals surface area (Å²) in [7, 11) is 0. The number of carbonyl (C=O) groups excluding carboxylic acids is 1. The second-order valence-corrected chi connectivity index (χ2v) is 5.94. The van der Waals surface area contributed by atoms with Gasteiger partial charge in [0.25, 0.3) is 5.91 Å². The van der Waals surface area contributed by atoms with Crippen LogP contribution in [0.4, 0.5) is 0 Å². The predicted molar refractivity (Wildman–Crippen MR) is 72.4 cm³/mol. The van der Waals surface area contributed by atoms with Gasteiger partial charge in [0.15, 0.2) is 0 Å². The van der Waals surface area contributed by atoms with E-state index in [1.165, 1.54) is 0 Å². The Morgan fingerprint density at radius 2 is 2.06 bits per heavy atom. The Morgan fingerprint density at radius 3 is 2.62 bits per heavy atom. The molecule has 16 heavy (non-hydrogen) atoms. The van der Waals surface area contributed by atoms with Gasteiger partial charge in [-0.1, -0.05) is 15.9 Å². The zero-order valence-electron chi connectivity index (χ0n) is 9.18. The normalized spacial score (nSPS) is 11.3. The van der Waals surface area contributed by atoms with Crippen LogP contribution < -0.4 is 11.1 Å². The van der Waals surface area contributed by atoms with Gasteiger partial charge in [-0.05, 0) is 48.0 Å². The van der Waals surface area contributed by atoms with Crippen LogP contribution in [0.15, 0.2) is 27.1 Å². The summed E-state index contributed by atoms with van der Waals surface area (Å²) in [5.74, 6) is -0.136. The van der Waals surface area contributed by atoms with E-state index in [0.717, 1.165) is 8.95 Å². The average Bonchev–Trinajstić information content (AvgIpc) is 2.21. The molecular formula is C11H14Br2N2O. The minimum atomic E-state index is -0.404. The van der Waals surface area contributed by atoms with Gasteiger partial charge in [-0.2, -0.15) is 0 Å². The van der Waals surface area contributed by atoms with Gasteiger partial charge in [-0.15, -0.1) is 0 Å². The number of benzene rings is 1. The van der Waals surface area contributed by atoms with Gasteiger partial charge in [0, 0.05) is 21.0 Å². The summed E-state index contributed by atoms with van der Waals surface area (Å²) in [6, 6.07) is 5.47. The molecule has 0 unspecified atom stereocenters. The summed E-state index contributed by atoms with van der Waals surface area (Å²) < 4.78 is 1.63. The zero-order valence-corrected chi connectivity index (χ0v) is 12.4. The third-order valence-corrected chi connectivity index (χ3v) is 3.32. The van der Waals surface area contributed by atoms with Crippen molar-refractivity contribution in [2.24, 2.45) is 5.73 Å². The molecule has 0 atom stereocenters. The van der Waals surface area contributed by atoms with Crippen molar-refractivity contribution in [2.75, 3.05) is 6.54 Å². The van der Waals surface area contributed by atoms with Crippen LogP contribution in [0.3, 0.4) is 0 Å². The fourth-order valence-corrected chi connectivity index (χ4v) is 1.88. The molecule has 88 valence electrons. The maximum atomic E-state index is 12.0. The summed E-state index contributed by atoms with van der Waals surface area (Å²) in [6.07, 6.45) is 0. The summed E-state index contributed by atoms with van der Waals surface area (Å²) >= 11 is 6.68. The van der Waals surface area contributed by atoms with E-state index in [2.05, 4.69) is 37.2 Å². The Hall–Kier alpha value is -0.390. The molecule has 0 bridgehead atoms. The average molecular weight is 350 g/mol. The van der Waals surface area contributed by atoms with Crippen molar-refractivity contribution in [3.8, 4) is 0 Å². The number of nitrogens with two attached hydrogens (primary N) is 1. The van der Waals surface area contributed by atoms with E-state index in [1.807, 2.05) is 26.0 Å². The van der Waals surface area contributed by atoms with Crippen LogP contribution in [0, 0.1) is 0 Å². The van der Waals surface area contributed by atoms with Gasteiger partial charge in [0.05, 0.1) is 5.56 Å². The standard InChI is InChI=1S/C11H14Br2N2O/c1-11(2,6-14)15-10(16)8-5-7(12)3-4-9(8)13/h3-5H,6,14H2,1-2H3,(H,15,16).